The lowest BCUT2D eigenvalue weighted by atomic mass is 10.3. The van der Waals surface area contributed by atoms with E-state index in [-0.39, 0.29) is 12.2 Å². The Labute approximate surface area is 59.3 Å². The Morgan fingerprint density at radius 1 is 1.90 bits per heavy atom. The SMILES string of the molecule is CCOC1=CC(=O)CC1O. The van der Waals surface area contributed by atoms with Gasteiger partial charge in [0.05, 0.1) is 6.61 Å². The van der Waals surface area contributed by atoms with Gasteiger partial charge < -0.3 is 9.84 Å². The van der Waals surface area contributed by atoms with Gasteiger partial charge in [0.15, 0.2) is 5.78 Å². The Morgan fingerprint density at radius 3 is 3.00 bits per heavy atom. The molecule has 0 bridgehead atoms. The molecule has 0 spiro atoms. The second-order valence-corrected chi connectivity index (χ2v) is 2.17. The molecule has 0 radical (unpaired) electrons. The Kier molecular flexibility index (Phi) is 2.06. The van der Waals surface area contributed by atoms with Gasteiger partial charge in [-0.05, 0) is 6.92 Å². The van der Waals surface area contributed by atoms with Crippen LogP contribution in [0.15, 0.2) is 11.8 Å². The van der Waals surface area contributed by atoms with E-state index in [2.05, 4.69) is 0 Å². The van der Waals surface area contributed by atoms with E-state index < -0.39 is 6.10 Å². The number of hydrogen-bond acceptors (Lipinski definition) is 3. The fraction of sp³-hybridized carbons (Fsp3) is 0.571. The van der Waals surface area contributed by atoms with E-state index in [0.29, 0.717) is 12.4 Å². The Hall–Kier alpha value is -0.830. The highest BCUT2D eigenvalue weighted by molar-refractivity contribution is 5.93. The van der Waals surface area contributed by atoms with E-state index in [1.807, 2.05) is 6.92 Å². The summed E-state index contributed by atoms with van der Waals surface area (Å²) >= 11 is 0. The number of aliphatic hydroxyl groups is 1. The van der Waals surface area contributed by atoms with E-state index in [1.54, 1.807) is 0 Å². The van der Waals surface area contributed by atoms with Crippen LogP contribution in [0.2, 0.25) is 0 Å². The van der Waals surface area contributed by atoms with Crippen molar-refractivity contribution in [3.8, 4) is 0 Å². The summed E-state index contributed by atoms with van der Waals surface area (Å²) in [6.07, 6.45) is 0.830. The van der Waals surface area contributed by atoms with Gasteiger partial charge in [0, 0.05) is 12.5 Å². The van der Waals surface area contributed by atoms with Gasteiger partial charge in [-0.3, -0.25) is 4.79 Å². The molecule has 3 nitrogen and oxygen atoms in total. The van der Waals surface area contributed by atoms with E-state index in [4.69, 9.17) is 9.84 Å². The zero-order valence-electron chi connectivity index (χ0n) is 5.83. The van der Waals surface area contributed by atoms with Gasteiger partial charge in [-0.2, -0.15) is 0 Å². The fourth-order valence-corrected chi connectivity index (χ4v) is 0.909. The minimum Gasteiger partial charge on any atom is -0.495 e. The number of rotatable bonds is 2. The van der Waals surface area contributed by atoms with Crippen LogP contribution in [0.1, 0.15) is 13.3 Å². The molecular formula is C7H10O3. The standard InChI is InChI=1S/C7H10O3/c1-2-10-7-4-5(8)3-6(7)9/h4,6,9H,2-3H2,1H3. The topological polar surface area (TPSA) is 46.5 Å². The van der Waals surface area contributed by atoms with Crippen molar-refractivity contribution in [3.63, 3.8) is 0 Å². The van der Waals surface area contributed by atoms with Gasteiger partial charge >= 0.3 is 0 Å². The Balaban J connectivity index is 2.56. The van der Waals surface area contributed by atoms with Crippen molar-refractivity contribution < 1.29 is 14.6 Å². The second-order valence-electron chi connectivity index (χ2n) is 2.17. The lowest BCUT2D eigenvalue weighted by Crippen LogP contribution is -2.08. The molecule has 1 unspecified atom stereocenters. The maximum atomic E-state index is 10.6. The second kappa shape index (κ2) is 2.84. The molecule has 0 fully saturated rings. The zero-order chi connectivity index (χ0) is 7.56. The average molecular weight is 142 g/mol. The first-order valence-corrected chi connectivity index (χ1v) is 3.29. The van der Waals surface area contributed by atoms with Crippen molar-refractivity contribution in [3.05, 3.63) is 11.8 Å². The zero-order valence-corrected chi connectivity index (χ0v) is 5.83. The van der Waals surface area contributed by atoms with Crippen LogP contribution in [-0.4, -0.2) is 23.6 Å². The van der Waals surface area contributed by atoms with Crippen LogP contribution in [0.4, 0.5) is 0 Å². The van der Waals surface area contributed by atoms with Gasteiger partial charge in [0.1, 0.15) is 11.9 Å². The molecule has 0 amide bonds. The third-order valence-electron chi connectivity index (χ3n) is 1.34. The molecule has 0 aromatic carbocycles. The summed E-state index contributed by atoms with van der Waals surface area (Å²) in [6.45, 7) is 2.31. The van der Waals surface area contributed by atoms with Crippen LogP contribution in [-0.2, 0) is 9.53 Å². The van der Waals surface area contributed by atoms with E-state index in [1.165, 1.54) is 6.08 Å². The molecule has 1 aliphatic rings. The van der Waals surface area contributed by atoms with Crippen molar-refractivity contribution >= 4 is 5.78 Å². The molecule has 0 aromatic heterocycles. The maximum Gasteiger partial charge on any atom is 0.162 e. The van der Waals surface area contributed by atoms with E-state index >= 15 is 0 Å². The van der Waals surface area contributed by atoms with Crippen molar-refractivity contribution in [1.29, 1.82) is 0 Å². The minimum atomic E-state index is -0.701. The molecule has 1 N–H and O–H groups in total. The highest BCUT2D eigenvalue weighted by Crippen LogP contribution is 2.16. The third-order valence-corrected chi connectivity index (χ3v) is 1.34. The van der Waals surface area contributed by atoms with Gasteiger partial charge in [-0.15, -0.1) is 0 Å². The Morgan fingerprint density at radius 2 is 2.60 bits per heavy atom. The molecule has 0 heterocycles. The highest BCUT2D eigenvalue weighted by Gasteiger charge is 2.23. The summed E-state index contributed by atoms with van der Waals surface area (Å²) in [5, 5.41) is 9.08. The lowest BCUT2D eigenvalue weighted by molar-refractivity contribution is -0.115. The van der Waals surface area contributed by atoms with Crippen molar-refractivity contribution in [2.75, 3.05) is 6.61 Å². The van der Waals surface area contributed by atoms with Crippen molar-refractivity contribution in [2.45, 2.75) is 19.4 Å². The average Bonchev–Trinajstić information content (AvgIpc) is 2.13. The minimum absolute atomic E-state index is 0.0593. The Bertz CT molecular complexity index is 172. The number of hydrogen-bond donors (Lipinski definition) is 1. The molecular weight excluding hydrogens is 132 g/mol. The quantitative estimate of drug-likeness (QED) is 0.600. The number of carbonyl (C=O) groups excluding carboxylic acids is 1. The van der Waals surface area contributed by atoms with Crippen LogP contribution < -0.4 is 0 Å². The summed E-state index contributed by atoms with van der Waals surface area (Å²) in [6, 6.07) is 0. The summed E-state index contributed by atoms with van der Waals surface area (Å²) in [5.74, 6) is 0.350. The van der Waals surface area contributed by atoms with Gasteiger partial charge in [-0.1, -0.05) is 0 Å². The number of aliphatic hydroxyl groups excluding tert-OH is 1. The number of allylic oxidation sites excluding steroid dienone is 1. The molecule has 0 aliphatic heterocycles. The summed E-state index contributed by atoms with van der Waals surface area (Å²) in [7, 11) is 0. The monoisotopic (exact) mass is 142 g/mol. The molecule has 3 heteroatoms. The normalized spacial score (nSPS) is 24.8. The smallest absolute Gasteiger partial charge is 0.162 e. The first-order valence-electron chi connectivity index (χ1n) is 3.29. The first kappa shape index (κ1) is 7.28. The van der Waals surface area contributed by atoms with E-state index in [9.17, 15) is 4.79 Å². The largest absolute Gasteiger partial charge is 0.495 e. The lowest BCUT2D eigenvalue weighted by Gasteiger charge is -2.06. The molecule has 10 heavy (non-hydrogen) atoms. The highest BCUT2D eigenvalue weighted by atomic mass is 16.5. The van der Waals surface area contributed by atoms with Crippen LogP contribution in [0, 0.1) is 0 Å². The van der Waals surface area contributed by atoms with Crippen LogP contribution in [0.25, 0.3) is 0 Å². The molecule has 0 saturated heterocycles. The summed E-state index contributed by atoms with van der Waals surface area (Å²) < 4.78 is 4.98. The molecule has 56 valence electrons. The van der Waals surface area contributed by atoms with Crippen LogP contribution in [0.3, 0.4) is 0 Å². The van der Waals surface area contributed by atoms with E-state index in [0.717, 1.165) is 0 Å². The first-order chi connectivity index (χ1) is 4.74. The van der Waals surface area contributed by atoms with Crippen LogP contribution in [0.5, 0.6) is 0 Å². The van der Waals surface area contributed by atoms with Crippen molar-refractivity contribution in [2.24, 2.45) is 0 Å². The molecule has 1 rings (SSSR count). The maximum absolute atomic E-state index is 10.6. The number of ether oxygens (including phenoxy) is 1. The predicted octanol–water partition coefficient (Wildman–Crippen LogP) is 0.240. The summed E-state index contributed by atoms with van der Waals surface area (Å²) in [4.78, 5) is 10.6. The summed E-state index contributed by atoms with van der Waals surface area (Å²) in [5.41, 5.74) is 0. The van der Waals surface area contributed by atoms with Gasteiger partial charge in [0.2, 0.25) is 0 Å². The van der Waals surface area contributed by atoms with Crippen LogP contribution >= 0.6 is 0 Å². The number of carbonyl (C=O) groups is 1. The molecule has 1 aliphatic carbocycles. The number of ketones is 1. The molecule has 0 aromatic rings. The van der Waals surface area contributed by atoms with Gasteiger partial charge in [-0.25, -0.2) is 0 Å². The fourth-order valence-electron chi connectivity index (χ4n) is 0.909. The predicted molar refractivity (Wildman–Crippen MR) is 35.3 cm³/mol. The van der Waals surface area contributed by atoms with Gasteiger partial charge in [0.25, 0.3) is 0 Å². The molecule has 0 saturated carbocycles. The third kappa shape index (κ3) is 1.36. The molecule has 1 atom stereocenters. The van der Waals surface area contributed by atoms with Crippen molar-refractivity contribution in [1.82, 2.24) is 0 Å².